The van der Waals surface area contributed by atoms with Crippen LogP contribution in [0.3, 0.4) is 0 Å². The van der Waals surface area contributed by atoms with Gasteiger partial charge in [0.15, 0.2) is 5.16 Å². The number of nitrogens with one attached hydrogen (secondary N) is 1. The second-order valence-corrected chi connectivity index (χ2v) is 7.94. The van der Waals surface area contributed by atoms with Gasteiger partial charge < -0.3 is 0 Å². The molecule has 2 aromatic heterocycles. The quantitative estimate of drug-likeness (QED) is 0.458. The monoisotopic (exact) mass is 412 g/mol. The molecule has 1 N–H and O–H groups in total. The summed E-state index contributed by atoms with van der Waals surface area (Å²) in [6.07, 6.45) is 0.763. The molecule has 0 aliphatic rings. The Morgan fingerprint density at radius 3 is 2.68 bits per heavy atom. The summed E-state index contributed by atoms with van der Waals surface area (Å²) >= 11 is 2.99. The molecule has 0 aliphatic heterocycles. The Balaban J connectivity index is 1.41. The van der Waals surface area contributed by atoms with Gasteiger partial charge in [0.1, 0.15) is 10.8 Å². The fraction of sp³-hybridized carbons (Fsp3) is 0.150. The van der Waals surface area contributed by atoms with Gasteiger partial charge in [-0.1, -0.05) is 42.1 Å². The summed E-state index contributed by atoms with van der Waals surface area (Å²) in [6, 6.07) is 16.4. The van der Waals surface area contributed by atoms with Gasteiger partial charge in [-0.3, -0.25) is 4.57 Å². The van der Waals surface area contributed by atoms with E-state index in [4.69, 9.17) is 0 Å². The van der Waals surface area contributed by atoms with Gasteiger partial charge in [0.25, 0.3) is 0 Å². The van der Waals surface area contributed by atoms with E-state index in [9.17, 15) is 9.18 Å². The van der Waals surface area contributed by atoms with Crippen molar-refractivity contribution in [3.05, 3.63) is 87.5 Å². The Hall–Kier alpha value is -2.71. The SMILES string of the molecule is O=c1[nH]nc(SCc2csc(-c3ccc(F)cc3)n2)n1CCc1ccccc1. The van der Waals surface area contributed by atoms with Crippen molar-refractivity contribution in [3.63, 3.8) is 0 Å². The van der Waals surface area contributed by atoms with Crippen LogP contribution in [0.2, 0.25) is 0 Å². The van der Waals surface area contributed by atoms with E-state index in [0.29, 0.717) is 17.5 Å². The van der Waals surface area contributed by atoms with Crippen LogP contribution >= 0.6 is 23.1 Å². The van der Waals surface area contributed by atoms with Gasteiger partial charge in [-0.05, 0) is 36.2 Å². The van der Waals surface area contributed by atoms with Crippen LogP contribution in [0.25, 0.3) is 10.6 Å². The molecule has 0 spiro atoms. The van der Waals surface area contributed by atoms with Crippen molar-refractivity contribution < 1.29 is 4.39 Å². The predicted molar refractivity (Wildman–Crippen MR) is 110 cm³/mol. The summed E-state index contributed by atoms with van der Waals surface area (Å²) in [5.41, 5.74) is 2.76. The zero-order valence-corrected chi connectivity index (χ0v) is 16.5. The summed E-state index contributed by atoms with van der Waals surface area (Å²) in [6.45, 7) is 0.569. The van der Waals surface area contributed by atoms with Crippen molar-refractivity contribution >= 4 is 23.1 Å². The van der Waals surface area contributed by atoms with E-state index in [0.717, 1.165) is 22.7 Å². The minimum atomic E-state index is -0.261. The van der Waals surface area contributed by atoms with Crippen molar-refractivity contribution in [2.75, 3.05) is 0 Å². The minimum absolute atomic E-state index is 0.205. The highest BCUT2D eigenvalue weighted by Gasteiger charge is 2.11. The first kappa shape index (κ1) is 18.6. The highest BCUT2D eigenvalue weighted by Crippen LogP contribution is 2.27. The van der Waals surface area contributed by atoms with Crippen molar-refractivity contribution in [1.82, 2.24) is 19.7 Å². The number of hydrogen-bond acceptors (Lipinski definition) is 5. The van der Waals surface area contributed by atoms with Crippen LogP contribution < -0.4 is 5.69 Å². The fourth-order valence-corrected chi connectivity index (χ4v) is 4.53. The van der Waals surface area contributed by atoms with Crippen molar-refractivity contribution in [2.45, 2.75) is 23.9 Å². The Bertz CT molecular complexity index is 1100. The van der Waals surface area contributed by atoms with Gasteiger partial charge in [-0.25, -0.2) is 19.3 Å². The Kier molecular flexibility index (Phi) is 5.68. The van der Waals surface area contributed by atoms with Crippen molar-refractivity contribution in [3.8, 4) is 10.6 Å². The molecule has 28 heavy (non-hydrogen) atoms. The highest BCUT2D eigenvalue weighted by atomic mass is 32.2. The van der Waals surface area contributed by atoms with Gasteiger partial charge in [-0.2, -0.15) is 0 Å². The van der Waals surface area contributed by atoms with E-state index < -0.39 is 0 Å². The van der Waals surface area contributed by atoms with Crippen LogP contribution in [0, 0.1) is 5.82 Å². The molecule has 0 atom stereocenters. The molecule has 8 heteroatoms. The number of H-pyrrole nitrogens is 1. The third-order valence-electron chi connectivity index (χ3n) is 4.18. The molecule has 0 saturated carbocycles. The summed E-state index contributed by atoms with van der Waals surface area (Å²) in [7, 11) is 0. The zero-order chi connectivity index (χ0) is 19.3. The standard InChI is InChI=1S/C20H17FN4OS2/c21-16-8-6-15(7-9-16)18-22-17(12-27-18)13-28-20-24-23-19(26)25(20)11-10-14-4-2-1-3-5-14/h1-9,12H,10-11,13H2,(H,23,26). The first-order valence-corrected chi connectivity index (χ1v) is 10.6. The lowest BCUT2D eigenvalue weighted by atomic mass is 10.1. The molecule has 0 unspecified atom stereocenters. The van der Waals surface area contributed by atoms with Crippen LogP contribution in [-0.4, -0.2) is 19.7 Å². The molecule has 0 bridgehead atoms. The number of rotatable bonds is 7. The highest BCUT2D eigenvalue weighted by molar-refractivity contribution is 7.98. The topological polar surface area (TPSA) is 63.6 Å². The average Bonchev–Trinajstić information content (AvgIpc) is 3.33. The predicted octanol–water partition coefficient (Wildman–Crippen LogP) is 4.37. The molecule has 0 fully saturated rings. The molecular formula is C20H17FN4OS2. The summed E-state index contributed by atoms with van der Waals surface area (Å²) in [4.78, 5) is 16.7. The number of aromatic amines is 1. The maximum absolute atomic E-state index is 13.1. The second-order valence-electron chi connectivity index (χ2n) is 6.14. The molecule has 5 nitrogen and oxygen atoms in total. The first-order valence-electron chi connectivity index (χ1n) is 8.71. The Morgan fingerprint density at radius 1 is 1.11 bits per heavy atom. The van der Waals surface area contributed by atoms with E-state index >= 15 is 0 Å². The Morgan fingerprint density at radius 2 is 1.89 bits per heavy atom. The van der Waals surface area contributed by atoms with E-state index in [1.165, 1.54) is 40.8 Å². The number of nitrogens with zero attached hydrogens (tertiary/aromatic N) is 3. The number of thioether (sulfide) groups is 1. The minimum Gasteiger partial charge on any atom is -0.270 e. The number of thiazole rings is 1. The lowest BCUT2D eigenvalue weighted by Crippen LogP contribution is -2.18. The maximum Gasteiger partial charge on any atom is 0.343 e. The summed E-state index contributed by atoms with van der Waals surface area (Å²) in [5.74, 6) is 0.343. The Labute approximate surface area is 169 Å². The van der Waals surface area contributed by atoms with Crippen molar-refractivity contribution in [1.29, 1.82) is 0 Å². The number of halogens is 1. The van der Waals surface area contributed by atoms with E-state index in [-0.39, 0.29) is 11.5 Å². The number of aryl methyl sites for hydroxylation is 1. The number of hydrogen-bond donors (Lipinski definition) is 1. The summed E-state index contributed by atoms with van der Waals surface area (Å²) in [5, 5.41) is 10.1. The van der Waals surface area contributed by atoms with Gasteiger partial charge in [0, 0.05) is 23.2 Å². The van der Waals surface area contributed by atoms with Crippen LogP contribution in [0.4, 0.5) is 4.39 Å². The van der Waals surface area contributed by atoms with E-state index in [1.807, 2.05) is 35.7 Å². The third kappa shape index (κ3) is 4.40. The van der Waals surface area contributed by atoms with Crippen LogP contribution in [0.15, 0.2) is 69.9 Å². The van der Waals surface area contributed by atoms with E-state index in [1.54, 1.807) is 16.7 Å². The molecule has 4 rings (SSSR count). The van der Waals surface area contributed by atoms with Crippen LogP contribution in [0.1, 0.15) is 11.3 Å². The van der Waals surface area contributed by atoms with Gasteiger partial charge in [-0.15, -0.1) is 16.4 Å². The molecule has 4 aromatic rings. The first-order chi connectivity index (χ1) is 13.7. The van der Waals surface area contributed by atoms with Crippen LogP contribution in [-0.2, 0) is 18.7 Å². The number of aromatic nitrogens is 4. The molecule has 0 radical (unpaired) electrons. The zero-order valence-electron chi connectivity index (χ0n) is 14.8. The largest absolute Gasteiger partial charge is 0.343 e. The van der Waals surface area contributed by atoms with E-state index in [2.05, 4.69) is 15.2 Å². The summed E-state index contributed by atoms with van der Waals surface area (Å²) < 4.78 is 14.7. The molecule has 0 aliphatic carbocycles. The number of benzene rings is 2. The van der Waals surface area contributed by atoms with Gasteiger partial charge in [0.05, 0.1) is 5.69 Å². The molecule has 2 heterocycles. The van der Waals surface area contributed by atoms with Gasteiger partial charge >= 0.3 is 5.69 Å². The average molecular weight is 413 g/mol. The fourth-order valence-electron chi connectivity index (χ4n) is 2.73. The molecule has 0 amide bonds. The maximum atomic E-state index is 13.1. The second kappa shape index (κ2) is 8.53. The molecule has 2 aromatic carbocycles. The van der Waals surface area contributed by atoms with Gasteiger partial charge in [0.2, 0.25) is 0 Å². The van der Waals surface area contributed by atoms with Crippen molar-refractivity contribution in [2.24, 2.45) is 0 Å². The third-order valence-corrected chi connectivity index (χ3v) is 6.13. The molecule has 0 saturated heterocycles. The smallest absolute Gasteiger partial charge is 0.270 e. The normalized spacial score (nSPS) is 11.0. The lowest BCUT2D eigenvalue weighted by molar-refractivity contribution is 0.616. The molecular weight excluding hydrogens is 395 g/mol. The molecule has 142 valence electrons. The lowest BCUT2D eigenvalue weighted by Gasteiger charge is -2.05. The van der Waals surface area contributed by atoms with Crippen LogP contribution in [0.5, 0.6) is 0 Å².